The van der Waals surface area contributed by atoms with Crippen molar-refractivity contribution in [2.75, 3.05) is 5.32 Å². The van der Waals surface area contributed by atoms with Gasteiger partial charge in [-0.15, -0.1) is 0 Å². The molecule has 0 aliphatic carbocycles. The van der Waals surface area contributed by atoms with Crippen molar-refractivity contribution < 1.29 is 0 Å². The van der Waals surface area contributed by atoms with E-state index in [9.17, 15) is 0 Å². The Labute approximate surface area is 85.6 Å². The largest absolute Gasteiger partial charge is 0.338 e. The molecule has 4 heteroatoms. The van der Waals surface area contributed by atoms with E-state index in [2.05, 4.69) is 21.4 Å². The van der Waals surface area contributed by atoms with Crippen molar-refractivity contribution in [2.45, 2.75) is 9.79 Å². The molecule has 0 spiro atoms. The van der Waals surface area contributed by atoms with Gasteiger partial charge in [0, 0.05) is 11.1 Å². The fraction of sp³-hybridized carbons (Fsp3) is 0. The maximum absolute atomic E-state index is 4.18. The number of fused-ring (bicyclic) bond motifs is 2. The zero-order valence-electron chi connectivity index (χ0n) is 7.27. The molecule has 3 rings (SSSR count). The number of rotatable bonds is 0. The molecule has 2 aromatic rings. The average molecular weight is 201 g/mol. The first kappa shape index (κ1) is 7.82. The Balaban J connectivity index is 2.12. The monoisotopic (exact) mass is 201 g/mol. The van der Waals surface area contributed by atoms with Crippen molar-refractivity contribution in [3.63, 3.8) is 0 Å². The standard InChI is InChI=1S/C10H7N3S/c1-2-4-8-7(3-1)13-10-9(14-8)5-11-6-12-10/h1-6H,(H,11,12,13). The fourth-order valence-electron chi connectivity index (χ4n) is 1.39. The van der Waals surface area contributed by atoms with Gasteiger partial charge in [-0.2, -0.15) is 0 Å². The van der Waals surface area contributed by atoms with Gasteiger partial charge in [-0.25, -0.2) is 9.97 Å². The zero-order chi connectivity index (χ0) is 9.38. The summed E-state index contributed by atoms with van der Waals surface area (Å²) in [5.41, 5.74) is 1.11. The highest BCUT2D eigenvalue weighted by Crippen LogP contribution is 2.41. The molecule has 0 saturated heterocycles. The van der Waals surface area contributed by atoms with Crippen LogP contribution in [0.3, 0.4) is 0 Å². The van der Waals surface area contributed by atoms with E-state index in [0.717, 1.165) is 16.4 Å². The number of anilines is 2. The van der Waals surface area contributed by atoms with Crippen molar-refractivity contribution in [1.82, 2.24) is 9.97 Å². The normalized spacial score (nSPS) is 12.6. The Bertz CT molecular complexity index is 397. The van der Waals surface area contributed by atoms with Gasteiger partial charge in [0.25, 0.3) is 0 Å². The summed E-state index contributed by atoms with van der Waals surface area (Å²) in [4.78, 5) is 10.5. The molecule has 0 amide bonds. The molecule has 1 aromatic heterocycles. The lowest BCUT2D eigenvalue weighted by atomic mass is 10.3. The van der Waals surface area contributed by atoms with Gasteiger partial charge >= 0.3 is 0 Å². The minimum atomic E-state index is 0.892. The van der Waals surface area contributed by atoms with Crippen LogP contribution in [0.4, 0.5) is 11.5 Å². The second-order valence-corrected chi connectivity index (χ2v) is 4.04. The van der Waals surface area contributed by atoms with Crippen LogP contribution in [0.15, 0.2) is 46.6 Å². The number of nitrogens with one attached hydrogen (secondary N) is 1. The smallest absolute Gasteiger partial charge is 0.147 e. The van der Waals surface area contributed by atoms with Crippen molar-refractivity contribution in [2.24, 2.45) is 0 Å². The van der Waals surface area contributed by atoms with Gasteiger partial charge in [0.1, 0.15) is 12.1 Å². The molecule has 2 heterocycles. The maximum Gasteiger partial charge on any atom is 0.147 e. The lowest BCUT2D eigenvalue weighted by Crippen LogP contribution is -2.01. The van der Waals surface area contributed by atoms with Crippen LogP contribution in [0, 0.1) is 0 Å². The topological polar surface area (TPSA) is 37.8 Å². The summed E-state index contributed by atoms with van der Waals surface area (Å²) in [6, 6.07) is 8.18. The highest BCUT2D eigenvalue weighted by atomic mass is 32.2. The molecule has 0 fully saturated rings. The Morgan fingerprint density at radius 1 is 1.14 bits per heavy atom. The van der Waals surface area contributed by atoms with Crippen molar-refractivity contribution >= 4 is 23.3 Å². The molecule has 1 N–H and O–H groups in total. The number of benzene rings is 1. The summed E-state index contributed by atoms with van der Waals surface area (Å²) < 4.78 is 0. The first-order valence-corrected chi connectivity index (χ1v) is 5.09. The zero-order valence-corrected chi connectivity index (χ0v) is 8.08. The van der Waals surface area contributed by atoms with Crippen molar-refractivity contribution in [1.29, 1.82) is 0 Å². The van der Waals surface area contributed by atoms with Gasteiger partial charge in [-0.3, -0.25) is 0 Å². The van der Waals surface area contributed by atoms with Gasteiger partial charge < -0.3 is 5.32 Å². The predicted octanol–water partition coefficient (Wildman–Crippen LogP) is 2.68. The van der Waals surface area contributed by atoms with E-state index in [-0.39, 0.29) is 0 Å². The van der Waals surface area contributed by atoms with Crippen molar-refractivity contribution in [3.05, 3.63) is 36.8 Å². The molecule has 0 saturated carbocycles. The van der Waals surface area contributed by atoms with E-state index in [0.29, 0.717) is 0 Å². The van der Waals surface area contributed by atoms with E-state index in [1.807, 2.05) is 24.4 Å². The lowest BCUT2D eigenvalue weighted by molar-refractivity contribution is 1.09. The van der Waals surface area contributed by atoms with E-state index in [4.69, 9.17) is 0 Å². The Morgan fingerprint density at radius 2 is 2.07 bits per heavy atom. The van der Waals surface area contributed by atoms with Crippen LogP contribution in [-0.4, -0.2) is 9.97 Å². The SMILES string of the molecule is c1ccc2c(c1)Nc1ncncc1S2. The minimum Gasteiger partial charge on any atom is -0.338 e. The van der Waals surface area contributed by atoms with Crippen molar-refractivity contribution in [3.8, 4) is 0 Å². The summed E-state index contributed by atoms with van der Waals surface area (Å²) in [6.07, 6.45) is 3.39. The number of nitrogens with zero attached hydrogens (tertiary/aromatic N) is 2. The molecule has 1 aromatic carbocycles. The van der Waals surface area contributed by atoms with Crippen LogP contribution >= 0.6 is 11.8 Å². The second kappa shape index (κ2) is 2.99. The number of hydrogen-bond acceptors (Lipinski definition) is 4. The van der Waals surface area contributed by atoms with E-state index in [1.165, 1.54) is 4.90 Å². The number of aromatic nitrogens is 2. The first-order chi connectivity index (χ1) is 6.93. The van der Waals surface area contributed by atoms with E-state index >= 15 is 0 Å². The molecule has 1 aliphatic rings. The summed E-state index contributed by atoms with van der Waals surface area (Å²) >= 11 is 1.69. The molecule has 0 bridgehead atoms. The van der Waals surface area contributed by atoms with Crippen LogP contribution in [0.25, 0.3) is 0 Å². The quantitative estimate of drug-likeness (QED) is 0.606. The van der Waals surface area contributed by atoms with Crippen LogP contribution in [0.2, 0.25) is 0 Å². The molecule has 14 heavy (non-hydrogen) atoms. The second-order valence-electron chi connectivity index (χ2n) is 2.96. The highest BCUT2D eigenvalue weighted by Gasteiger charge is 2.15. The highest BCUT2D eigenvalue weighted by molar-refractivity contribution is 7.99. The van der Waals surface area contributed by atoms with Crippen LogP contribution in [0.1, 0.15) is 0 Å². The molecule has 0 atom stereocenters. The van der Waals surface area contributed by atoms with Gasteiger partial charge in [0.15, 0.2) is 0 Å². The molecule has 68 valence electrons. The Kier molecular flexibility index (Phi) is 1.67. The molecule has 1 aliphatic heterocycles. The summed E-state index contributed by atoms with van der Waals surface area (Å²) in [7, 11) is 0. The third-order valence-electron chi connectivity index (χ3n) is 2.04. The maximum atomic E-state index is 4.18. The minimum absolute atomic E-state index is 0.892. The summed E-state index contributed by atoms with van der Waals surface area (Å²) in [5, 5.41) is 3.27. The van der Waals surface area contributed by atoms with Gasteiger partial charge in [0.05, 0.1) is 10.6 Å². The average Bonchev–Trinajstić information content (AvgIpc) is 2.26. The Hall–Kier alpha value is -1.55. The molecular formula is C10H7N3S. The lowest BCUT2D eigenvalue weighted by Gasteiger charge is -2.18. The summed E-state index contributed by atoms with van der Waals surface area (Å²) in [5.74, 6) is 0.892. The van der Waals surface area contributed by atoms with Gasteiger partial charge in [-0.1, -0.05) is 23.9 Å². The first-order valence-electron chi connectivity index (χ1n) is 4.27. The fourth-order valence-corrected chi connectivity index (χ4v) is 2.32. The van der Waals surface area contributed by atoms with Gasteiger partial charge in [0.2, 0.25) is 0 Å². The molecule has 0 unspecified atom stereocenters. The van der Waals surface area contributed by atoms with E-state index < -0.39 is 0 Å². The molecular weight excluding hydrogens is 194 g/mol. The van der Waals surface area contributed by atoms with Gasteiger partial charge in [-0.05, 0) is 12.1 Å². The number of hydrogen-bond donors (Lipinski definition) is 1. The van der Waals surface area contributed by atoms with E-state index in [1.54, 1.807) is 18.1 Å². The Morgan fingerprint density at radius 3 is 3.07 bits per heavy atom. The molecule has 3 nitrogen and oxygen atoms in total. The molecule has 0 radical (unpaired) electrons. The third kappa shape index (κ3) is 1.15. The van der Waals surface area contributed by atoms with Crippen LogP contribution < -0.4 is 5.32 Å². The van der Waals surface area contributed by atoms with Crippen LogP contribution in [-0.2, 0) is 0 Å². The predicted molar refractivity (Wildman–Crippen MR) is 55.9 cm³/mol. The third-order valence-corrected chi connectivity index (χ3v) is 3.13. The number of para-hydroxylation sites is 1. The summed E-state index contributed by atoms with van der Waals surface area (Å²) in [6.45, 7) is 0. The van der Waals surface area contributed by atoms with Crippen LogP contribution in [0.5, 0.6) is 0 Å².